The molecule has 1 amide bonds. The van der Waals surface area contributed by atoms with Gasteiger partial charge in [0.05, 0.1) is 5.41 Å². The molecule has 2 nitrogen and oxygen atoms in total. The fourth-order valence-electron chi connectivity index (χ4n) is 6.95. The van der Waals surface area contributed by atoms with Crippen molar-refractivity contribution in [1.29, 1.82) is 0 Å². The van der Waals surface area contributed by atoms with Gasteiger partial charge < -0.3 is 4.90 Å². The summed E-state index contributed by atoms with van der Waals surface area (Å²) >= 11 is 0. The van der Waals surface area contributed by atoms with E-state index >= 15 is 0 Å². The number of amides is 1. The predicted octanol–water partition coefficient (Wildman–Crippen LogP) is 3.85. The van der Waals surface area contributed by atoms with Crippen LogP contribution in [0.4, 0.5) is 0 Å². The van der Waals surface area contributed by atoms with Gasteiger partial charge in [0, 0.05) is 12.1 Å². The Morgan fingerprint density at radius 2 is 1.70 bits per heavy atom. The van der Waals surface area contributed by atoms with Gasteiger partial charge in [0.15, 0.2) is 0 Å². The monoisotopic (exact) mass is 275 g/mol. The zero-order chi connectivity index (χ0) is 14.3. The van der Waals surface area contributed by atoms with E-state index in [4.69, 9.17) is 0 Å². The standard InChI is InChI=1S/C18H29NO/c1-11(2)19(12(3)4)16(20)17-7-13-5-14-6-15(9-17)18(14,8-13)10-17/h11-15H,5-10H2,1-4H3. The van der Waals surface area contributed by atoms with E-state index in [2.05, 4.69) is 32.6 Å². The van der Waals surface area contributed by atoms with E-state index in [0.29, 0.717) is 23.4 Å². The Morgan fingerprint density at radius 3 is 2.35 bits per heavy atom. The minimum Gasteiger partial charge on any atom is -0.337 e. The molecule has 112 valence electrons. The molecule has 0 aromatic heterocycles. The molecule has 0 N–H and O–H groups in total. The molecule has 4 aliphatic rings. The van der Waals surface area contributed by atoms with Crippen LogP contribution in [-0.2, 0) is 4.79 Å². The molecule has 4 saturated carbocycles. The summed E-state index contributed by atoms with van der Waals surface area (Å²) in [5.41, 5.74) is 0.658. The van der Waals surface area contributed by atoms with Gasteiger partial charge in [-0.1, -0.05) is 0 Å². The molecule has 0 heterocycles. The van der Waals surface area contributed by atoms with Crippen LogP contribution in [0.15, 0.2) is 0 Å². The van der Waals surface area contributed by atoms with Gasteiger partial charge in [-0.15, -0.1) is 0 Å². The summed E-state index contributed by atoms with van der Waals surface area (Å²) < 4.78 is 0. The Kier molecular flexibility index (Phi) is 2.51. The van der Waals surface area contributed by atoms with Crippen LogP contribution in [0.3, 0.4) is 0 Å². The summed E-state index contributed by atoms with van der Waals surface area (Å²) in [6.07, 6.45) is 8.00. The highest BCUT2D eigenvalue weighted by Gasteiger charge is 2.72. The third kappa shape index (κ3) is 1.39. The van der Waals surface area contributed by atoms with Crippen molar-refractivity contribution < 1.29 is 4.79 Å². The Hall–Kier alpha value is -0.530. The van der Waals surface area contributed by atoms with Crippen LogP contribution in [-0.4, -0.2) is 22.9 Å². The number of hydrogen-bond acceptors (Lipinski definition) is 1. The Morgan fingerprint density at radius 1 is 1.00 bits per heavy atom. The molecule has 5 unspecified atom stereocenters. The molecule has 20 heavy (non-hydrogen) atoms. The van der Waals surface area contributed by atoms with Gasteiger partial charge in [-0.25, -0.2) is 0 Å². The molecule has 0 aromatic rings. The van der Waals surface area contributed by atoms with E-state index in [1.165, 1.54) is 38.5 Å². The van der Waals surface area contributed by atoms with E-state index < -0.39 is 0 Å². The van der Waals surface area contributed by atoms with Crippen molar-refractivity contribution in [3.63, 3.8) is 0 Å². The second-order valence-corrected chi connectivity index (χ2v) is 8.93. The molecule has 5 atom stereocenters. The lowest BCUT2D eigenvalue weighted by Gasteiger charge is -2.49. The van der Waals surface area contributed by atoms with Crippen LogP contribution in [0.25, 0.3) is 0 Å². The van der Waals surface area contributed by atoms with E-state index in [9.17, 15) is 4.79 Å². The average molecular weight is 275 g/mol. The zero-order valence-corrected chi connectivity index (χ0v) is 13.5. The third-order valence-corrected chi connectivity index (χ3v) is 7.27. The van der Waals surface area contributed by atoms with E-state index in [1.807, 2.05) is 0 Å². The van der Waals surface area contributed by atoms with E-state index in [-0.39, 0.29) is 5.41 Å². The third-order valence-electron chi connectivity index (χ3n) is 7.27. The summed E-state index contributed by atoms with van der Waals surface area (Å²) in [6.45, 7) is 8.71. The summed E-state index contributed by atoms with van der Waals surface area (Å²) in [5.74, 6) is 3.25. The molecule has 0 aliphatic heterocycles. The van der Waals surface area contributed by atoms with Gasteiger partial charge in [0.1, 0.15) is 0 Å². The quantitative estimate of drug-likeness (QED) is 0.766. The van der Waals surface area contributed by atoms with Gasteiger partial charge in [-0.3, -0.25) is 4.79 Å². The van der Waals surface area contributed by atoms with Crippen molar-refractivity contribution in [2.75, 3.05) is 0 Å². The smallest absolute Gasteiger partial charge is 0.229 e. The topological polar surface area (TPSA) is 20.3 Å². The van der Waals surface area contributed by atoms with E-state index in [0.717, 1.165) is 17.8 Å². The highest BCUT2D eigenvalue weighted by Crippen LogP contribution is 2.79. The fourth-order valence-corrected chi connectivity index (χ4v) is 6.95. The molecule has 4 aliphatic carbocycles. The highest BCUT2D eigenvalue weighted by atomic mass is 16.2. The van der Waals surface area contributed by atoms with Gasteiger partial charge in [-0.05, 0) is 89.4 Å². The molecule has 0 radical (unpaired) electrons. The van der Waals surface area contributed by atoms with Crippen LogP contribution < -0.4 is 0 Å². The first kappa shape index (κ1) is 13.2. The van der Waals surface area contributed by atoms with Crippen LogP contribution in [0.1, 0.15) is 66.2 Å². The highest BCUT2D eigenvalue weighted by molar-refractivity contribution is 5.84. The Labute approximate surface area is 123 Å². The Balaban J connectivity index is 1.67. The maximum Gasteiger partial charge on any atom is 0.229 e. The molecule has 4 fully saturated rings. The number of carbonyl (C=O) groups excluding carboxylic acids is 1. The summed E-state index contributed by atoms with van der Waals surface area (Å²) in [6, 6.07) is 0.672. The molecule has 4 rings (SSSR count). The average Bonchev–Trinajstić information content (AvgIpc) is 2.65. The first-order valence-corrected chi connectivity index (χ1v) is 8.71. The molecule has 3 bridgehead atoms. The summed E-state index contributed by atoms with van der Waals surface area (Å²) in [7, 11) is 0. The molecule has 2 heteroatoms. The van der Waals surface area contributed by atoms with Gasteiger partial charge >= 0.3 is 0 Å². The van der Waals surface area contributed by atoms with Gasteiger partial charge in [-0.2, -0.15) is 0 Å². The second kappa shape index (κ2) is 3.81. The minimum absolute atomic E-state index is 0.0351. The van der Waals surface area contributed by atoms with Crippen molar-refractivity contribution in [1.82, 2.24) is 4.90 Å². The van der Waals surface area contributed by atoms with Crippen molar-refractivity contribution >= 4 is 5.91 Å². The zero-order valence-electron chi connectivity index (χ0n) is 13.5. The first-order chi connectivity index (χ1) is 9.38. The van der Waals surface area contributed by atoms with Crippen molar-refractivity contribution in [3.05, 3.63) is 0 Å². The lowest BCUT2D eigenvalue weighted by Crippen LogP contribution is -2.51. The number of nitrogens with zero attached hydrogens (tertiary/aromatic N) is 1. The van der Waals surface area contributed by atoms with Crippen LogP contribution in [0, 0.1) is 28.6 Å². The summed E-state index contributed by atoms with van der Waals surface area (Å²) in [5, 5.41) is 0. The van der Waals surface area contributed by atoms with Crippen molar-refractivity contribution in [3.8, 4) is 0 Å². The van der Waals surface area contributed by atoms with Crippen LogP contribution in [0.5, 0.6) is 0 Å². The lowest BCUT2D eigenvalue weighted by molar-refractivity contribution is -0.148. The number of fused-ring (bicyclic) bond motifs is 2. The van der Waals surface area contributed by atoms with E-state index in [1.54, 1.807) is 0 Å². The molecule has 0 saturated heterocycles. The lowest BCUT2D eigenvalue weighted by atomic mass is 9.55. The minimum atomic E-state index is 0.0351. The molecular formula is C18H29NO. The van der Waals surface area contributed by atoms with Gasteiger partial charge in [0.25, 0.3) is 0 Å². The largest absolute Gasteiger partial charge is 0.337 e. The number of hydrogen-bond donors (Lipinski definition) is 0. The van der Waals surface area contributed by atoms with Crippen LogP contribution >= 0.6 is 0 Å². The second-order valence-electron chi connectivity index (χ2n) is 8.93. The maximum atomic E-state index is 13.4. The van der Waals surface area contributed by atoms with Gasteiger partial charge in [0.2, 0.25) is 5.91 Å². The molecule has 1 spiro atoms. The predicted molar refractivity (Wildman–Crippen MR) is 80.2 cm³/mol. The SMILES string of the molecule is CC(C)N(C(=O)C12CC3CC4CC(C1)C4(C3)C2)C(C)C. The molecular weight excluding hydrogens is 246 g/mol. The molecule has 0 aromatic carbocycles. The summed E-state index contributed by atoms with van der Waals surface area (Å²) in [4.78, 5) is 15.5. The number of rotatable bonds is 3. The van der Waals surface area contributed by atoms with Crippen molar-refractivity contribution in [2.24, 2.45) is 28.6 Å². The number of carbonyl (C=O) groups is 1. The maximum absolute atomic E-state index is 13.4. The van der Waals surface area contributed by atoms with Crippen molar-refractivity contribution in [2.45, 2.75) is 78.3 Å². The fraction of sp³-hybridized carbons (Fsp3) is 0.944. The first-order valence-electron chi connectivity index (χ1n) is 8.71. The normalized spacial score (nSPS) is 47.8. The van der Waals surface area contributed by atoms with Crippen LogP contribution in [0.2, 0.25) is 0 Å². The Bertz CT molecular complexity index is 444.